The lowest BCUT2D eigenvalue weighted by Gasteiger charge is -2.28. The summed E-state index contributed by atoms with van der Waals surface area (Å²) in [7, 11) is 1.66. The Labute approximate surface area is 131 Å². The first-order chi connectivity index (χ1) is 10.7. The van der Waals surface area contributed by atoms with E-state index in [0.29, 0.717) is 5.92 Å². The molecule has 1 aliphatic carbocycles. The number of ether oxygens (including phenoxy) is 1. The van der Waals surface area contributed by atoms with Gasteiger partial charge in [-0.3, -0.25) is 4.98 Å². The summed E-state index contributed by atoms with van der Waals surface area (Å²) in [6.07, 6.45) is 6.61. The van der Waals surface area contributed by atoms with E-state index in [1.54, 1.807) is 7.11 Å². The fourth-order valence-electron chi connectivity index (χ4n) is 3.53. The molecule has 1 unspecified atom stereocenters. The monoisotopic (exact) mass is 300 g/mol. The van der Waals surface area contributed by atoms with Crippen molar-refractivity contribution in [3.8, 4) is 5.75 Å². The number of hydrogen-bond acceptors (Lipinski definition) is 4. The molecule has 118 valence electrons. The zero-order valence-electron chi connectivity index (χ0n) is 13.0. The first-order valence-electron chi connectivity index (χ1n) is 8.04. The molecule has 4 heteroatoms. The normalized spacial score (nSPS) is 23.4. The number of hydrogen-bond donors (Lipinski definition) is 2. The second kappa shape index (κ2) is 6.63. The lowest BCUT2D eigenvalue weighted by Crippen LogP contribution is -2.22. The quantitative estimate of drug-likeness (QED) is 0.910. The fourth-order valence-corrected chi connectivity index (χ4v) is 3.53. The second-order valence-electron chi connectivity index (χ2n) is 6.27. The molecule has 1 aliphatic rings. The highest BCUT2D eigenvalue weighted by Crippen LogP contribution is 2.34. The van der Waals surface area contributed by atoms with Crippen molar-refractivity contribution >= 4 is 10.9 Å². The predicted molar refractivity (Wildman–Crippen MR) is 87.8 cm³/mol. The van der Waals surface area contributed by atoms with Crippen LogP contribution in [0.2, 0.25) is 0 Å². The number of aliphatic hydroxyl groups excluding tert-OH is 1. The lowest BCUT2D eigenvalue weighted by atomic mass is 9.82. The largest absolute Gasteiger partial charge is 0.494 e. The molecule has 22 heavy (non-hydrogen) atoms. The number of aromatic nitrogens is 1. The summed E-state index contributed by atoms with van der Waals surface area (Å²) in [6, 6.07) is 7.98. The van der Waals surface area contributed by atoms with Gasteiger partial charge < -0.3 is 15.6 Å². The number of fused-ring (bicyclic) bond motifs is 1. The molecule has 0 bridgehead atoms. The molecular weight excluding hydrogens is 276 g/mol. The van der Waals surface area contributed by atoms with E-state index in [0.717, 1.165) is 54.3 Å². The van der Waals surface area contributed by atoms with Crippen LogP contribution in [0.5, 0.6) is 5.75 Å². The van der Waals surface area contributed by atoms with E-state index in [4.69, 9.17) is 10.5 Å². The molecule has 1 atom stereocenters. The molecular formula is C18H24N2O2. The molecule has 4 nitrogen and oxygen atoms in total. The highest BCUT2D eigenvalue weighted by Gasteiger charge is 2.23. The van der Waals surface area contributed by atoms with E-state index in [1.165, 1.54) is 0 Å². The van der Waals surface area contributed by atoms with Gasteiger partial charge >= 0.3 is 0 Å². The first kappa shape index (κ1) is 15.3. The molecule has 0 amide bonds. The van der Waals surface area contributed by atoms with Crippen LogP contribution >= 0.6 is 0 Å². The summed E-state index contributed by atoms with van der Waals surface area (Å²) in [6.45, 7) is 0. The SMILES string of the molecule is COc1cccc2c(C(N)CC3CCC(O)CC3)ccnc12. The van der Waals surface area contributed by atoms with Crippen LogP contribution in [-0.2, 0) is 0 Å². The molecule has 3 N–H and O–H groups in total. The van der Waals surface area contributed by atoms with Crippen molar-refractivity contribution in [2.75, 3.05) is 7.11 Å². The molecule has 2 aromatic rings. The molecule has 1 saturated carbocycles. The summed E-state index contributed by atoms with van der Waals surface area (Å²) in [4.78, 5) is 4.44. The number of pyridine rings is 1. The summed E-state index contributed by atoms with van der Waals surface area (Å²) in [5.74, 6) is 1.39. The van der Waals surface area contributed by atoms with Gasteiger partial charge in [-0.2, -0.15) is 0 Å². The number of aliphatic hydroxyl groups is 1. The van der Waals surface area contributed by atoms with E-state index in [-0.39, 0.29) is 12.1 Å². The zero-order chi connectivity index (χ0) is 15.5. The van der Waals surface area contributed by atoms with Gasteiger partial charge in [-0.25, -0.2) is 0 Å². The van der Waals surface area contributed by atoms with E-state index >= 15 is 0 Å². The standard InChI is InChI=1S/C18H24N2O2/c1-22-17-4-2-3-15-14(9-10-20-18(15)17)16(19)11-12-5-7-13(21)8-6-12/h2-4,9-10,12-13,16,21H,5-8,11,19H2,1H3. The van der Waals surface area contributed by atoms with E-state index in [1.807, 2.05) is 24.4 Å². The van der Waals surface area contributed by atoms with E-state index < -0.39 is 0 Å². The van der Waals surface area contributed by atoms with Gasteiger partial charge in [-0.05, 0) is 55.7 Å². The van der Waals surface area contributed by atoms with Crippen molar-refractivity contribution in [3.63, 3.8) is 0 Å². The number of nitrogens with two attached hydrogens (primary N) is 1. The van der Waals surface area contributed by atoms with Crippen LogP contribution in [0.4, 0.5) is 0 Å². The van der Waals surface area contributed by atoms with Crippen LogP contribution in [-0.4, -0.2) is 23.3 Å². The molecule has 1 fully saturated rings. The van der Waals surface area contributed by atoms with Gasteiger partial charge in [0.15, 0.2) is 0 Å². The Bertz CT molecular complexity index is 636. The van der Waals surface area contributed by atoms with Crippen LogP contribution in [0.25, 0.3) is 10.9 Å². The van der Waals surface area contributed by atoms with Gasteiger partial charge in [0.05, 0.1) is 13.2 Å². The average Bonchev–Trinajstić information content (AvgIpc) is 2.55. The molecule has 1 aromatic carbocycles. The third-order valence-electron chi connectivity index (χ3n) is 4.79. The number of rotatable bonds is 4. The number of benzene rings is 1. The van der Waals surface area contributed by atoms with Crippen molar-refractivity contribution in [1.29, 1.82) is 0 Å². The Balaban J connectivity index is 1.83. The maximum absolute atomic E-state index is 9.62. The molecule has 1 aromatic heterocycles. The van der Waals surface area contributed by atoms with Gasteiger partial charge in [0, 0.05) is 17.6 Å². The third-order valence-corrected chi connectivity index (χ3v) is 4.79. The number of nitrogens with zero attached hydrogens (tertiary/aromatic N) is 1. The summed E-state index contributed by atoms with van der Waals surface area (Å²) in [5, 5.41) is 10.7. The second-order valence-corrected chi connectivity index (χ2v) is 6.27. The van der Waals surface area contributed by atoms with Crippen molar-refractivity contribution in [1.82, 2.24) is 4.98 Å². The predicted octanol–water partition coefficient (Wildman–Crippen LogP) is 3.18. The van der Waals surface area contributed by atoms with E-state index in [2.05, 4.69) is 11.1 Å². The van der Waals surface area contributed by atoms with Gasteiger partial charge in [0.1, 0.15) is 11.3 Å². The Hall–Kier alpha value is -1.65. The molecule has 0 saturated heterocycles. The van der Waals surface area contributed by atoms with Gasteiger partial charge in [0.2, 0.25) is 0 Å². The van der Waals surface area contributed by atoms with Gasteiger partial charge in [0.25, 0.3) is 0 Å². The Morgan fingerprint density at radius 3 is 2.77 bits per heavy atom. The Morgan fingerprint density at radius 1 is 1.27 bits per heavy atom. The Kier molecular flexibility index (Phi) is 4.60. The van der Waals surface area contributed by atoms with Crippen molar-refractivity contribution in [3.05, 3.63) is 36.0 Å². The first-order valence-corrected chi connectivity index (χ1v) is 8.04. The molecule has 1 heterocycles. The molecule has 0 aliphatic heterocycles. The van der Waals surface area contributed by atoms with E-state index in [9.17, 15) is 5.11 Å². The van der Waals surface area contributed by atoms with Crippen LogP contribution in [0.3, 0.4) is 0 Å². The highest BCUT2D eigenvalue weighted by atomic mass is 16.5. The third kappa shape index (κ3) is 3.08. The van der Waals surface area contributed by atoms with Crippen molar-refractivity contribution < 1.29 is 9.84 Å². The van der Waals surface area contributed by atoms with Crippen LogP contribution in [0.15, 0.2) is 30.5 Å². The topological polar surface area (TPSA) is 68.4 Å². The minimum Gasteiger partial charge on any atom is -0.494 e. The van der Waals surface area contributed by atoms with Gasteiger partial charge in [-0.1, -0.05) is 12.1 Å². The minimum atomic E-state index is -0.113. The molecule has 0 radical (unpaired) electrons. The zero-order valence-corrected chi connectivity index (χ0v) is 13.0. The van der Waals surface area contributed by atoms with Crippen molar-refractivity contribution in [2.24, 2.45) is 11.7 Å². The summed E-state index contributed by atoms with van der Waals surface area (Å²) >= 11 is 0. The summed E-state index contributed by atoms with van der Waals surface area (Å²) in [5.41, 5.74) is 8.49. The summed E-state index contributed by atoms with van der Waals surface area (Å²) < 4.78 is 5.39. The molecule has 3 rings (SSSR count). The van der Waals surface area contributed by atoms with Gasteiger partial charge in [-0.15, -0.1) is 0 Å². The highest BCUT2D eigenvalue weighted by molar-refractivity contribution is 5.87. The van der Waals surface area contributed by atoms with Crippen molar-refractivity contribution in [2.45, 2.75) is 44.2 Å². The number of methoxy groups -OCH3 is 1. The average molecular weight is 300 g/mol. The fraction of sp³-hybridized carbons (Fsp3) is 0.500. The lowest BCUT2D eigenvalue weighted by molar-refractivity contribution is 0.104. The van der Waals surface area contributed by atoms with Crippen LogP contribution < -0.4 is 10.5 Å². The van der Waals surface area contributed by atoms with Crippen LogP contribution in [0, 0.1) is 5.92 Å². The molecule has 0 spiro atoms. The number of para-hydroxylation sites is 1. The minimum absolute atomic E-state index is 0.00199. The Morgan fingerprint density at radius 2 is 2.05 bits per heavy atom. The maximum Gasteiger partial charge on any atom is 0.145 e. The van der Waals surface area contributed by atoms with Crippen LogP contribution in [0.1, 0.15) is 43.7 Å². The maximum atomic E-state index is 9.62. The smallest absolute Gasteiger partial charge is 0.145 e.